The standard InChI is InChI=1S/C19H18FN5O4.H2S/c1-19(11-24-9-16(25(26)27)22-18(24)29-19)10-23-7-6-14-15(8-23)28-17(21-14)12-2-4-13(20)5-3-12;/h2-5,9H,6-8,10-11H2,1H3;1H2/t19-;/m0./s1. The van der Waals surface area contributed by atoms with Gasteiger partial charge in [-0.05, 0) is 36.1 Å². The number of ether oxygens (including phenoxy) is 1. The molecule has 9 nitrogen and oxygen atoms in total. The lowest BCUT2D eigenvalue weighted by atomic mass is 10.0. The summed E-state index contributed by atoms with van der Waals surface area (Å²) in [5, 5.41) is 10.9. The number of fused-ring (bicyclic) bond motifs is 2. The third kappa shape index (κ3) is 3.65. The highest BCUT2D eigenvalue weighted by Crippen LogP contribution is 2.33. The lowest BCUT2D eigenvalue weighted by Crippen LogP contribution is -2.46. The number of halogens is 1. The number of nitrogens with zero attached hydrogens (tertiary/aromatic N) is 5. The minimum atomic E-state index is -0.533. The van der Waals surface area contributed by atoms with Gasteiger partial charge in [-0.2, -0.15) is 13.5 Å². The molecular formula is C19H20FN5O4S. The van der Waals surface area contributed by atoms with Gasteiger partial charge in [-0.3, -0.25) is 9.47 Å². The van der Waals surface area contributed by atoms with E-state index in [0.29, 0.717) is 25.5 Å². The maximum Gasteiger partial charge on any atom is 0.415 e. The van der Waals surface area contributed by atoms with E-state index in [1.54, 1.807) is 16.7 Å². The SMILES string of the molecule is C[C@]1(CN2CCc3nc(-c4ccc(F)cc4)oc3C2)Cn2cc([N+](=O)[O-])nc2O1.S. The Hall–Kier alpha value is -2.92. The number of nitro groups is 1. The Morgan fingerprint density at radius 2 is 2.07 bits per heavy atom. The summed E-state index contributed by atoms with van der Waals surface area (Å²) in [6, 6.07) is 6.35. The maximum atomic E-state index is 13.1. The van der Waals surface area contributed by atoms with Crippen LogP contribution in [0.3, 0.4) is 0 Å². The van der Waals surface area contributed by atoms with E-state index in [9.17, 15) is 14.5 Å². The molecule has 0 amide bonds. The molecule has 4 heterocycles. The van der Waals surface area contributed by atoms with Crippen molar-refractivity contribution in [1.29, 1.82) is 0 Å². The molecule has 0 aliphatic carbocycles. The number of hydrogen-bond donors (Lipinski definition) is 0. The first-order valence-electron chi connectivity index (χ1n) is 9.26. The van der Waals surface area contributed by atoms with Gasteiger partial charge in [0.15, 0.2) is 0 Å². The Bertz CT molecular complexity index is 1070. The van der Waals surface area contributed by atoms with Crippen molar-refractivity contribution in [2.45, 2.75) is 32.0 Å². The van der Waals surface area contributed by atoms with Crippen molar-refractivity contribution in [3.63, 3.8) is 0 Å². The summed E-state index contributed by atoms with van der Waals surface area (Å²) in [6.45, 7) is 4.46. The number of benzene rings is 1. The van der Waals surface area contributed by atoms with Crippen LogP contribution in [0.5, 0.6) is 6.01 Å². The second-order valence-electron chi connectivity index (χ2n) is 7.68. The number of aromatic nitrogens is 3. The molecule has 0 saturated carbocycles. The number of hydrogen-bond acceptors (Lipinski definition) is 7. The number of oxazole rings is 1. The van der Waals surface area contributed by atoms with Crippen LogP contribution in [0.4, 0.5) is 10.2 Å². The molecule has 0 radical (unpaired) electrons. The summed E-state index contributed by atoms with van der Waals surface area (Å²) in [5.41, 5.74) is 1.13. The molecule has 1 aromatic carbocycles. The van der Waals surface area contributed by atoms with E-state index in [0.717, 1.165) is 30.0 Å². The molecule has 2 aromatic heterocycles. The van der Waals surface area contributed by atoms with Crippen molar-refractivity contribution in [3.8, 4) is 17.5 Å². The van der Waals surface area contributed by atoms with Crippen LogP contribution >= 0.6 is 13.5 Å². The molecule has 3 aromatic rings. The van der Waals surface area contributed by atoms with Gasteiger partial charge in [-0.1, -0.05) is 0 Å². The second kappa shape index (κ2) is 7.40. The molecule has 0 saturated heterocycles. The van der Waals surface area contributed by atoms with Crippen molar-refractivity contribution in [3.05, 3.63) is 57.8 Å². The van der Waals surface area contributed by atoms with Crippen LogP contribution in [-0.4, -0.2) is 43.0 Å². The third-order valence-electron chi connectivity index (χ3n) is 5.22. The number of rotatable bonds is 4. The van der Waals surface area contributed by atoms with Crippen molar-refractivity contribution in [2.24, 2.45) is 0 Å². The Morgan fingerprint density at radius 1 is 1.30 bits per heavy atom. The zero-order valence-corrected chi connectivity index (χ0v) is 17.2. The molecule has 11 heteroatoms. The van der Waals surface area contributed by atoms with Crippen LogP contribution in [0.1, 0.15) is 18.4 Å². The minimum Gasteiger partial charge on any atom is -0.440 e. The Morgan fingerprint density at radius 3 is 2.77 bits per heavy atom. The van der Waals surface area contributed by atoms with Gasteiger partial charge in [-0.25, -0.2) is 9.37 Å². The summed E-state index contributed by atoms with van der Waals surface area (Å²) in [5.74, 6) is 0.782. The number of imidazole rings is 1. The molecule has 5 rings (SSSR count). The van der Waals surface area contributed by atoms with Crippen LogP contribution in [0.25, 0.3) is 11.5 Å². The van der Waals surface area contributed by atoms with Crippen molar-refractivity contribution >= 4 is 19.3 Å². The van der Waals surface area contributed by atoms with Gasteiger partial charge >= 0.3 is 11.8 Å². The molecule has 0 unspecified atom stereocenters. The van der Waals surface area contributed by atoms with E-state index in [2.05, 4.69) is 14.9 Å². The van der Waals surface area contributed by atoms with E-state index in [-0.39, 0.29) is 31.1 Å². The van der Waals surface area contributed by atoms with E-state index in [1.807, 2.05) is 6.92 Å². The third-order valence-corrected chi connectivity index (χ3v) is 5.22. The predicted octanol–water partition coefficient (Wildman–Crippen LogP) is 2.91. The van der Waals surface area contributed by atoms with Gasteiger partial charge in [0.25, 0.3) is 0 Å². The summed E-state index contributed by atoms with van der Waals surface area (Å²) in [6.07, 6.45) is 2.15. The van der Waals surface area contributed by atoms with Crippen LogP contribution in [-0.2, 0) is 19.5 Å². The molecule has 0 spiro atoms. The summed E-state index contributed by atoms with van der Waals surface area (Å²) in [4.78, 5) is 21.0. The highest BCUT2D eigenvalue weighted by Gasteiger charge is 2.42. The fraction of sp³-hybridized carbons (Fsp3) is 0.368. The average molecular weight is 433 g/mol. The average Bonchev–Trinajstić information content (AvgIpc) is 3.33. The van der Waals surface area contributed by atoms with Gasteiger partial charge in [0.05, 0.1) is 18.8 Å². The van der Waals surface area contributed by atoms with Crippen LogP contribution in [0, 0.1) is 15.9 Å². The fourth-order valence-electron chi connectivity index (χ4n) is 3.94. The highest BCUT2D eigenvalue weighted by atomic mass is 32.1. The van der Waals surface area contributed by atoms with E-state index >= 15 is 0 Å². The Balaban J connectivity index is 0.00000218. The van der Waals surface area contributed by atoms with Crippen molar-refractivity contribution in [1.82, 2.24) is 19.4 Å². The molecule has 30 heavy (non-hydrogen) atoms. The Labute approximate surface area is 178 Å². The highest BCUT2D eigenvalue weighted by molar-refractivity contribution is 7.59. The van der Waals surface area contributed by atoms with E-state index in [4.69, 9.17) is 9.15 Å². The minimum absolute atomic E-state index is 0. The lowest BCUT2D eigenvalue weighted by Gasteiger charge is -2.32. The summed E-state index contributed by atoms with van der Waals surface area (Å²) >= 11 is 0. The lowest BCUT2D eigenvalue weighted by molar-refractivity contribution is -0.389. The molecule has 0 bridgehead atoms. The van der Waals surface area contributed by atoms with Gasteiger partial charge < -0.3 is 19.3 Å². The molecule has 2 aliphatic rings. The van der Waals surface area contributed by atoms with Crippen LogP contribution in [0.15, 0.2) is 34.9 Å². The molecule has 158 valence electrons. The normalized spacial score (nSPS) is 20.2. The van der Waals surface area contributed by atoms with Crippen molar-refractivity contribution in [2.75, 3.05) is 13.1 Å². The van der Waals surface area contributed by atoms with Gasteiger partial charge in [0.2, 0.25) is 5.89 Å². The van der Waals surface area contributed by atoms with Gasteiger partial charge in [0.1, 0.15) is 23.4 Å². The monoisotopic (exact) mass is 433 g/mol. The van der Waals surface area contributed by atoms with Gasteiger partial charge in [0, 0.05) is 30.1 Å². The van der Waals surface area contributed by atoms with E-state index < -0.39 is 10.5 Å². The second-order valence-corrected chi connectivity index (χ2v) is 7.68. The smallest absolute Gasteiger partial charge is 0.415 e. The Kier molecular flexibility index (Phi) is 5.02. The topological polar surface area (TPSA) is 99.5 Å². The molecule has 0 N–H and O–H groups in total. The van der Waals surface area contributed by atoms with Crippen LogP contribution < -0.4 is 4.74 Å². The molecular weight excluding hydrogens is 413 g/mol. The summed E-state index contributed by atoms with van der Waals surface area (Å²) < 4.78 is 26.7. The zero-order chi connectivity index (χ0) is 20.2. The fourth-order valence-corrected chi connectivity index (χ4v) is 3.94. The predicted molar refractivity (Wildman–Crippen MR) is 109 cm³/mol. The first-order chi connectivity index (χ1) is 13.9. The quantitative estimate of drug-likeness (QED) is 0.461. The van der Waals surface area contributed by atoms with Crippen molar-refractivity contribution < 1.29 is 18.5 Å². The maximum absolute atomic E-state index is 13.1. The first kappa shape index (κ1) is 20.4. The first-order valence-corrected chi connectivity index (χ1v) is 9.26. The van der Waals surface area contributed by atoms with Crippen LogP contribution in [0.2, 0.25) is 0 Å². The molecule has 2 aliphatic heterocycles. The summed E-state index contributed by atoms with van der Waals surface area (Å²) in [7, 11) is 0. The zero-order valence-electron chi connectivity index (χ0n) is 16.2. The molecule has 0 fully saturated rings. The van der Waals surface area contributed by atoms with E-state index in [1.165, 1.54) is 18.3 Å². The molecule has 1 atom stereocenters. The largest absolute Gasteiger partial charge is 0.440 e. The van der Waals surface area contributed by atoms with Gasteiger partial charge in [-0.15, -0.1) is 0 Å².